The molecule has 0 spiro atoms. The lowest BCUT2D eigenvalue weighted by molar-refractivity contribution is -0.0595. The van der Waals surface area contributed by atoms with Crippen molar-refractivity contribution < 1.29 is 30.5 Å². The number of nitrogens with two attached hydrogens (primary N) is 2. The van der Waals surface area contributed by atoms with Crippen molar-refractivity contribution in [2.24, 2.45) is 27.5 Å². The highest BCUT2D eigenvalue weighted by atomic mass is 32.2. The summed E-state index contributed by atoms with van der Waals surface area (Å²) >= 11 is 0. The topological polar surface area (TPSA) is 148 Å². The van der Waals surface area contributed by atoms with E-state index in [1.165, 1.54) is 12.7 Å². The van der Waals surface area contributed by atoms with Gasteiger partial charge in [-0.2, -0.15) is 13.6 Å². The van der Waals surface area contributed by atoms with Crippen molar-refractivity contribution in [1.82, 2.24) is 0 Å². The lowest BCUT2D eigenvalue weighted by Crippen LogP contribution is -2.45. The average Bonchev–Trinajstić information content (AvgIpc) is 3.01. The van der Waals surface area contributed by atoms with Gasteiger partial charge in [0.25, 0.3) is 0 Å². The van der Waals surface area contributed by atoms with Crippen molar-refractivity contribution in [3.8, 4) is 11.5 Å². The van der Waals surface area contributed by atoms with Crippen LogP contribution in [0, 0.1) is 17.3 Å². The first-order valence-electron chi connectivity index (χ1n) is 11.0. The number of hydrogen-bond acceptors (Lipinski definition) is 7. The van der Waals surface area contributed by atoms with Crippen LogP contribution >= 0.6 is 0 Å². The van der Waals surface area contributed by atoms with Crippen molar-refractivity contribution in [3.63, 3.8) is 0 Å². The number of fused-ring (bicyclic) bond motifs is 5. The number of rotatable bonds is 7. The van der Waals surface area contributed by atoms with E-state index in [0.717, 1.165) is 44.1 Å². The molecule has 2 saturated carbocycles. The molecule has 1 aromatic rings. The molecule has 0 aliphatic heterocycles. The molecule has 2 fully saturated rings. The van der Waals surface area contributed by atoms with Crippen LogP contribution in [0.15, 0.2) is 12.1 Å². The van der Waals surface area contributed by atoms with E-state index in [-0.39, 0.29) is 29.6 Å². The number of aryl methyl sites for hydroxylation is 1. The van der Waals surface area contributed by atoms with Gasteiger partial charge in [0.15, 0.2) is 11.5 Å². The van der Waals surface area contributed by atoms with Crippen LogP contribution in [0.3, 0.4) is 0 Å². The van der Waals surface area contributed by atoms with Gasteiger partial charge in [0, 0.05) is 0 Å². The van der Waals surface area contributed by atoms with Crippen molar-refractivity contribution in [1.29, 1.82) is 0 Å². The third-order valence-electron chi connectivity index (χ3n) is 7.81. The van der Waals surface area contributed by atoms with Crippen molar-refractivity contribution in [2.45, 2.75) is 57.5 Å². The Kier molecular flexibility index (Phi) is 6.25. The second-order valence-corrected chi connectivity index (χ2v) is 12.4. The van der Waals surface area contributed by atoms with E-state index in [1.807, 2.05) is 6.07 Å². The van der Waals surface area contributed by atoms with Gasteiger partial charge in [-0.05, 0) is 85.0 Å². The third kappa shape index (κ3) is 4.63. The van der Waals surface area contributed by atoms with E-state index in [0.29, 0.717) is 23.5 Å². The van der Waals surface area contributed by atoms with Crippen LogP contribution in [-0.4, -0.2) is 42.4 Å². The highest BCUT2D eigenvalue weighted by Crippen LogP contribution is 2.62. The summed E-state index contributed by atoms with van der Waals surface area (Å²) in [6, 6.07) is 3.65. The molecule has 0 heterocycles. The molecule has 3 aliphatic carbocycles. The Hall–Kier alpha value is -1.40. The Morgan fingerprint density at radius 3 is 2.47 bits per heavy atom. The maximum atomic E-state index is 11.4. The Morgan fingerprint density at radius 2 is 1.81 bits per heavy atom. The molecule has 32 heavy (non-hydrogen) atoms. The van der Waals surface area contributed by atoms with Gasteiger partial charge in [0.1, 0.15) is 0 Å². The van der Waals surface area contributed by atoms with E-state index < -0.39 is 20.3 Å². The summed E-state index contributed by atoms with van der Waals surface area (Å²) in [7, 11) is -6.19. The van der Waals surface area contributed by atoms with Gasteiger partial charge in [-0.25, -0.2) is 13.6 Å². The first kappa shape index (κ1) is 23.7. The molecule has 11 heteroatoms. The quantitative estimate of drug-likeness (QED) is 0.594. The first-order chi connectivity index (χ1) is 14.9. The molecule has 180 valence electrons. The van der Waals surface area contributed by atoms with E-state index >= 15 is 0 Å². The SMILES string of the molecule is COc1cc2c(cc1OS(N)(=O)=O)CCC1C2CCC2(C)C(OCCS(N)(=O)=O)CCC12. The van der Waals surface area contributed by atoms with Crippen LogP contribution in [0.4, 0.5) is 0 Å². The summed E-state index contributed by atoms with van der Waals surface area (Å²) < 4.78 is 61.8. The Morgan fingerprint density at radius 1 is 1.06 bits per heavy atom. The van der Waals surface area contributed by atoms with Gasteiger partial charge >= 0.3 is 10.3 Å². The maximum absolute atomic E-state index is 11.4. The minimum atomic E-state index is -4.14. The fourth-order valence-corrected chi connectivity index (χ4v) is 7.17. The molecular weight excluding hydrogens is 456 g/mol. The molecule has 4 N–H and O–H groups in total. The van der Waals surface area contributed by atoms with Crippen LogP contribution < -0.4 is 19.2 Å². The van der Waals surface area contributed by atoms with Gasteiger partial charge in [-0.3, -0.25) is 0 Å². The van der Waals surface area contributed by atoms with Crippen molar-refractivity contribution in [2.75, 3.05) is 19.5 Å². The minimum absolute atomic E-state index is 0.0117. The van der Waals surface area contributed by atoms with E-state index in [9.17, 15) is 16.8 Å². The van der Waals surface area contributed by atoms with Gasteiger partial charge in [0.2, 0.25) is 10.0 Å². The fraction of sp³-hybridized carbons (Fsp3) is 0.714. The summed E-state index contributed by atoms with van der Waals surface area (Å²) in [4.78, 5) is 0. The summed E-state index contributed by atoms with van der Waals surface area (Å²) in [5.74, 6) is 1.66. The first-order valence-corrected chi connectivity index (χ1v) is 14.1. The fourth-order valence-electron chi connectivity index (χ4n) is 6.46. The predicted octanol–water partition coefficient (Wildman–Crippen LogP) is 1.81. The molecule has 5 unspecified atom stereocenters. The molecule has 4 rings (SSSR count). The van der Waals surface area contributed by atoms with Crippen LogP contribution in [0.1, 0.15) is 56.1 Å². The molecule has 0 amide bonds. The van der Waals surface area contributed by atoms with E-state index in [2.05, 4.69) is 6.92 Å². The largest absolute Gasteiger partial charge is 0.493 e. The third-order valence-corrected chi connectivity index (χ3v) is 8.96. The molecule has 0 bridgehead atoms. The molecule has 9 nitrogen and oxygen atoms in total. The molecule has 3 aliphatic rings. The van der Waals surface area contributed by atoms with Gasteiger partial charge in [0.05, 0.1) is 25.6 Å². The predicted molar refractivity (Wildman–Crippen MR) is 119 cm³/mol. The van der Waals surface area contributed by atoms with Crippen LogP contribution in [0.2, 0.25) is 0 Å². The maximum Gasteiger partial charge on any atom is 0.380 e. The summed E-state index contributed by atoms with van der Waals surface area (Å²) in [6.07, 6.45) is 5.81. The molecule has 1 aromatic carbocycles. The molecule has 0 radical (unpaired) electrons. The number of primary sulfonamides is 1. The zero-order valence-electron chi connectivity index (χ0n) is 18.4. The lowest BCUT2D eigenvalue weighted by atomic mass is 9.55. The van der Waals surface area contributed by atoms with Gasteiger partial charge in [-0.1, -0.05) is 6.92 Å². The molecule has 0 aromatic heterocycles. The number of hydrogen-bond donors (Lipinski definition) is 2. The average molecular weight is 489 g/mol. The van der Waals surface area contributed by atoms with Gasteiger partial charge < -0.3 is 13.7 Å². The zero-order chi connectivity index (χ0) is 23.3. The highest BCUT2D eigenvalue weighted by Gasteiger charge is 2.55. The standard InChI is InChI=1S/C21H32N2O7S2/c1-21-8-7-14-15(17(21)5-6-20(21)29-9-10-31(22,24)25)4-3-13-11-19(30-32(23,26)27)18(28-2)12-16(13)14/h11-12,14-15,17,20H,3-10H2,1-2H3,(H2,22,24,25)(H2,23,26,27). The monoisotopic (exact) mass is 488 g/mol. The van der Waals surface area contributed by atoms with Crippen LogP contribution in [0.5, 0.6) is 11.5 Å². The van der Waals surface area contributed by atoms with Crippen LogP contribution in [-0.2, 0) is 31.5 Å². The minimum Gasteiger partial charge on any atom is -0.493 e. The number of methoxy groups -OCH3 is 1. The molecule has 0 saturated heterocycles. The number of ether oxygens (including phenoxy) is 2. The summed E-state index contributed by atoms with van der Waals surface area (Å²) in [6.45, 7) is 2.41. The second kappa shape index (κ2) is 8.43. The highest BCUT2D eigenvalue weighted by molar-refractivity contribution is 7.89. The Balaban J connectivity index is 1.55. The number of benzene rings is 1. The smallest absolute Gasteiger partial charge is 0.380 e. The molecular formula is C21H32N2O7S2. The van der Waals surface area contributed by atoms with Crippen molar-refractivity contribution >= 4 is 20.3 Å². The normalized spacial score (nSPS) is 32.0. The van der Waals surface area contributed by atoms with Crippen molar-refractivity contribution in [3.05, 3.63) is 23.3 Å². The summed E-state index contributed by atoms with van der Waals surface area (Å²) in [5, 5.41) is 10.2. The number of sulfonamides is 1. The lowest BCUT2D eigenvalue weighted by Gasteiger charge is -2.50. The summed E-state index contributed by atoms with van der Waals surface area (Å²) in [5.41, 5.74) is 2.28. The van der Waals surface area contributed by atoms with Crippen LogP contribution in [0.25, 0.3) is 0 Å². The van der Waals surface area contributed by atoms with E-state index in [1.54, 1.807) is 6.07 Å². The Labute approximate surface area is 190 Å². The second-order valence-electron chi connectivity index (χ2n) is 9.54. The zero-order valence-corrected chi connectivity index (χ0v) is 20.1. The Bertz CT molecular complexity index is 1090. The van der Waals surface area contributed by atoms with Gasteiger partial charge in [-0.15, -0.1) is 0 Å². The van der Waals surface area contributed by atoms with E-state index in [4.69, 9.17) is 23.9 Å². The molecule has 5 atom stereocenters.